The quantitative estimate of drug-likeness (QED) is 0.0986. The van der Waals surface area contributed by atoms with Crippen LogP contribution in [0.2, 0.25) is 0 Å². The minimum atomic E-state index is -4.09. The van der Waals surface area contributed by atoms with Crippen molar-refractivity contribution in [2.45, 2.75) is 44.3 Å². The van der Waals surface area contributed by atoms with Crippen LogP contribution in [-0.4, -0.2) is 48.3 Å². The van der Waals surface area contributed by atoms with Crippen molar-refractivity contribution in [1.82, 2.24) is 4.67 Å². The Morgan fingerprint density at radius 3 is 2.67 bits per heavy atom. The van der Waals surface area contributed by atoms with Crippen molar-refractivity contribution in [2.24, 2.45) is 0 Å². The molecule has 1 fully saturated rings. The Bertz CT molecular complexity index is 1380. The zero-order chi connectivity index (χ0) is 28.0. The molecule has 0 aliphatic carbocycles. The second-order valence-electron chi connectivity index (χ2n) is 9.26. The standard InChI is InChI=1S/C28H30F2NO6PS/c1-3-5-14-36-26(32)23-17-28(29,30)19-31(23)38(34,37-22-9-7-6-8-10-22)18-20-11-12-24-21(15-20)16-25(39-24)27(33)35-13-4-2/h4,6-12,15-16,23H,2-3,5,13-14,17-19H2,1H3/t23-,38?/m0/s1. The van der Waals surface area contributed by atoms with Crippen molar-refractivity contribution in [2.75, 3.05) is 19.8 Å². The van der Waals surface area contributed by atoms with Crippen LogP contribution in [0.5, 0.6) is 5.75 Å². The minimum Gasteiger partial charge on any atom is -0.465 e. The van der Waals surface area contributed by atoms with E-state index in [0.717, 1.165) is 15.8 Å². The highest BCUT2D eigenvalue weighted by molar-refractivity contribution is 7.56. The Morgan fingerprint density at radius 1 is 1.18 bits per heavy atom. The molecule has 2 atom stereocenters. The van der Waals surface area contributed by atoms with Gasteiger partial charge in [0.2, 0.25) is 0 Å². The highest BCUT2D eigenvalue weighted by Gasteiger charge is 2.56. The van der Waals surface area contributed by atoms with Crippen LogP contribution < -0.4 is 4.52 Å². The molecule has 7 nitrogen and oxygen atoms in total. The molecule has 0 radical (unpaired) electrons. The maximum absolute atomic E-state index is 14.7. The number of para-hydroxylation sites is 1. The van der Waals surface area contributed by atoms with Crippen LogP contribution in [0.3, 0.4) is 0 Å². The van der Waals surface area contributed by atoms with E-state index in [0.29, 0.717) is 22.2 Å². The Labute approximate surface area is 229 Å². The number of ether oxygens (including phenoxy) is 2. The molecule has 1 aliphatic rings. The van der Waals surface area contributed by atoms with E-state index in [-0.39, 0.29) is 25.1 Å². The van der Waals surface area contributed by atoms with E-state index in [1.807, 2.05) is 6.92 Å². The highest BCUT2D eigenvalue weighted by Crippen LogP contribution is 2.59. The van der Waals surface area contributed by atoms with Gasteiger partial charge in [0.15, 0.2) is 0 Å². The van der Waals surface area contributed by atoms with Crippen LogP contribution >= 0.6 is 18.9 Å². The molecule has 39 heavy (non-hydrogen) atoms. The summed E-state index contributed by atoms with van der Waals surface area (Å²) in [6, 6.07) is 13.7. The van der Waals surface area contributed by atoms with Gasteiger partial charge in [0.25, 0.3) is 5.92 Å². The Kier molecular flexibility index (Phi) is 9.20. The van der Waals surface area contributed by atoms with Gasteiger partial charge in [0.05, 0.1) is 19.3 Å². The minimum absolute atomic E-state index is 0.0842. The van der Waals surface area contributed by atoms with E-state index in [1.165, 1.54) is 17.4 Å². The van der Waals surface area contributed by atoms with Gasteiger partial charge in [-0.05, 0) is 47.7 Å². The van der Waals surface area contributed by atoms with Gasteiger partial charge in [-0.15, -0.1) is 11.3 Å². The number of esters is 2. The first-order chi connectivity index (χ1) is 18.6. The lowest BCUT2D eigenvalue weighted by Gasteiger charge is -2.31. The molecule has 0 saturated carbocycles. The number of nitrogens with zero attached hydrogens (tertiary/aromatic N) is 1. The van der Waals surface area contributed by atoms with Crippen molar-refractivity contribution >= 4 is 40.9 Å². The number of thiophene rings is 1. The van der Waals surface area contributed by atoms with Gasteiger partial charge in [-0.1, -0.05) is 50.3 Å². The van der Waals surface area contributed by atoms with Crippen molar-refractivity contribution in [3.8, 4) is 5.75 Å². The third kappa shape index (κ3) is 7.12. The number of halogens is 2. The largest absolute Gasteiger partial charge is 0.465 e. The second kappa shape index (κ2) is 12.4. The number of carbonyl (C=O) groups excluding carboxylic acids is 2. The smallest absolute Gasteiger partial charge is 0.348 e. The summed E-state index contributed by atoms with van der Waals surface area (Å²) in [6.07, 6.45) is 1.80. The maximum atomic E-state index is 14.7. The van der Waals surface area contributed by atoms with Gasteiger partial charge in [0, 0.05) is 11.1 Å². The Hall–Kier alpha value is -3.07. The number of unbranched alkanes of at least 4 members (excludes halogenated alkanes) is 1. The molecule has 0 amide bonds. The SMILES string of the molecule is C=CCOC(=O)c1cc2cc(CP(=O)(Oc3ccccc3)N3CC(F)(F)C[C@H]3C(=O)OCCCC)ccc2s1. The fraction of sp³-hybridized carbons (Fsp3) is 0.357. The summed E-state index contributed by atoms with van der Waals surface area (Å²) in [7, 11) is -4.09. The highest BCUT2D eigenvalue weighted by atomic mass is 32.1. The zero-order valence-electron chi connectivity index (χ0n) is 21.5. The van der Waals surface area contributed by atoms with Gasteiger partial charge in [-0.3, -0.25) is 9.36 Å². The molecule has 208 valence electrons. The van der Waals surface area contributed by atoms with E-state index in [1.54, 1.807) is 54.6 Å². The second-order valence-corrected chi connectivity index (χ2v) is 12.6. The first kappa shape index (κ1) is 28.9. The molecule has 1 unspecified atom stereocenters. The van der Waals surface area contributed by atoms with E-state index in [4.69, 9.17) is 14.0 Å². The van der Waals surface area contributed by atoms with E-state index in [2.05, 4.69) is 6.58 Å². The summed E-state index contributed by atoms with van der Waals surface area (Å²) in [5.74, 6) is -4.34. The lowest BCUT2D eigenvalue weighted by Crippen LogP contribution is -2.37. The molecule has 11 heteroatoms. The zero-order valence-corrected chi connectivity index (χ0v) is 23.2. The third-order valence-electron chi connectivity index (χ3n) is 6.14. The average molecular weight is 578 g/mol. The van der Waals surface area contributed by atoms with Crippen LogP contribution in [0.15, 0.2) is 67.3 Å². The van der Waals surface area contributed by atoms with Crippen LogP contribution in [0, 0.1) is 0 Å². The van der Waals surface area contributed by atoms with Crippen LogP contribution in [-0.2, 0) is 25.0 Å². The lowest BCUT2D eigenvalue weighted by molar-refractivity contribution is -0.148. The molecule has 0 N–H and O–H groups in total. The number of alkyl halides is 2. The molecule has 3 aromatic rings. The van der Waals surface area contributed by atoms with E-state index < -0.39 is 44.4 Å². The predicted octanol–water partition coefficient (Wildman–Crippen LogP) is 7.07. The lowest BCUT2D eigenvalue weighted by atomic mass is 10.2. The molecule has 1 saturated heterocycles. The number of hydrogen-bond donors (Lipinski definition) is 0. The molecule has 2 aromatic carbocycles. The fourth-order valence-corrected chi connectivity index (χ4v) is 7.71. The Balaban J connectivity index is 1.67. The molecular formula is C28H30F2NO6PS. The van der Waals surface area contributed by atoms with E-state index in [9.17, 15) is 22.9 Å². The number of fused-ring (bicyclic) bond motifs is 1. The maximum Gasteiger partial charge on any atom is 0.348 e. The number of rotatable bonds is 12. The molecule has 1 aromatic heterocycles. The summed E-state index contributed by atoms with van der Waals surface area (Å²) >= 11 is 1.24. The van der Waals surface area contributed by atoms with Gasteiger partial charge in [-0.2, -0.15) is 0 Å². The molecule has 2 heterocycles. The number of benzene rings is 2. The molecular weight excluding hydrogens is 547 g/mol. The van der Waals surface area contributed by atoms with Gasteiger partial charge in [-0.25, -0.2) is 18.2 Å². The molecule has 0 bridgehead atoms. The summed E-state index contributed by atoms with van der Waals surface area (Å²) in [4.78, 5) is 25.5. The van der Waals surface area contributed by atoms with Crippen LogP contribution in [0.4, 0.5) is 8.78 Å². The van der Waals surface area contributed by atoms with Gasteiger partial charge >= 0.3 is 19.5 Å². The summed E-state index contributed by atoms with van der Waals surface area (Å²) in [5.41, 5.74) is 0.541. The van der Waals surface area contributed by atoms with Crippen molar-refractivity contribution in [3.63, 3.8) is 0 Å². The molecule has 4 rings (SSSR count). The Morgan fingerprint density at radius 2 is 1.95 bits per heavy atom. The topological polar surface area (TPSA) is 82.1 Å². The van der Waals surface area contributed by atoms with Crippen molar-refractivity contribution < 1.29 is 36.9 Å². The summed E-state index contributed by atoms with van der Waals surface area (Å²) in [6.45, 7) is 4.73. The van der Waals surface area contributed by atoms with Gasteiger partial charge < -0.3 is 14.0 Å². The fourth-order valence-electron chi connectivity index (χ4n) is 4.29. The summed E-state index contributed by atoms with van der Waals surface area (Å²) in [5, 5.41) is 0.705. The molecule has 0 spiro atoms. The number of hydrogen-bond acceptors (Lipinski definition) is 7. The van der Waals surface area contributed by atoms with Gasteiger partial charge in [0.1, 0.15) is 23.3 Å². The van der Waals surface area contributed by atoms with Crippen molar-refractivity contribution in [1.29, 1.82) is 0 Å². The average Bonchev–Trinajstić information content (AvgIpc) is 3.48. The third-order valence-corrected chi connectivity index (χ3v) is 9.70. The van der Waals surface area contributed by atoms with Crippen LogP contribution in [0.1, 0.15) is 41.4 Å². The van der Waals surface area contributed by atoms with Crippen molar-refractivity contribution in [3.05, 3.63) is 77.7 Å². The first-order valence-corrected chi connectivity index (χ1v) is 15.2. The molecule has 1 aliphatic heterocycles. The summed E-state index contributed by atoms with van der Waals surface area (Å²) < 4.78 is 62.0. The van der Waals surface area contributed by atoms with Crippen LogP contribution in [0.25, 0.3) is 10.1 Å². The monoisotopic (exact) mass is 577 g/mol. The number of carbonyl (C=O) groups is 2. The predicted molar refractivity (Wildman–Crippen MR) is 147 cm³/mol. The van der Waals surface area contributed by atoms with E-state index >= 15 is 0 Å². The first-order valence-electron chi connectivity index (χ1n) is 12.6. The normalized spacial score (nSPS) is 18.4.